The Hall–Kier alpha value is -2.64. The molecule has 0 spiro atoms. The van der Waals surface area contributed by atoms with Crippen LogP contribution in [0.4, 0.5) is 9.18 Å². The number of halogens is 2. The molecule has 1 aliphatic rings. The van der Waals surface area contributed by atoms with Gasteiger partial charge >= 0.3 is 0 Å². The van der Waals surface area contributed by atoms with E-state index in [4.69, 9.17) is 11.6 Å². The van der Waals surface area contributed by atoms with Crippen molar-refractivity contribution in [1.29, 1.82) is 0 Å². The van der Waals surface area contributed by atoms with Gasteiger partial charge < -0.3 is 5.32 Å². The van der Waals surface area contributed by atoms with Gasteiger partial charge in [-0.15, -0.1) is 0 Å². The largest absolute Gasteiger partial charge is 0.354 e. The van der Waals surface area contributed by atoms with Gasteiger partial charge in [-0.2, -0.15) is 0 Å². The number of imide groups is 1. The monoisotopic (exact) mass is 418 g/mol. The van der Waals surface area contributed by atoms with Crippen LogP contribution >= 0.6 is 23.4 Å². The van der Waals surface area contributed by atoms with Crippen molar-refractivity contribution >= 4 is 46.5 Å². The number of amides is 3. The van der Waals surface area contributed by atoms with E-state index in [1.165, 1.54) is 18.2 Å². The Labute approximate surface area is 170 Å². The summed E-state index contributed by atoms with van der Waals surface area (Å²) in [5.41, 5.74) is 0.932. The summed E-state index contributed by atoms with van der Waals surface area (Å²) in [7, 11) is 0. The summed E-state index contributed by atoms with van der Waals surface area (Å²) >= 11 is 6.78. The maximum Gasteiger partial charge on any atom is 0.293 e. The summed E-state index contributed by atoms with van der Waals surface area (Å²) in [6, 6.07) is 13.0. The van der Waals surface area contributed by atoms with E-state index in [1.54, 1.807) is 36.4 Å². The molecular formula is C20H16ClFN2O3S. The lowest BCUT2D eigenvalue weighted by Crippen LogP contribution is -2.37. The molecule has 0 saturated carbocycles. The first-order valence-electron chi connectivity index (χ1n) is 8.45. The van der Waals surface area contributed by atoms with E-state index >= 15 is 0 Å². The van der Waals surface area contributed by atoms with Crippen LogP contribution in [0.3, 0.4) is 0 Å². The lowest BCUT2D eigenvalue weighted by molar-refractivity contribution is -0.124. The molecule has 0 atom stereocenters. The number of carbonyl (C=O) groups is 3. The van der Waals surface area contributed by atoms with Crippen LogP contribution in [0.5, 0.6) is 0 Å². The second kappa shape index (κ2) is 9.03. The first-order valence-corrected chi connectivity index (χ1v) is 9.65. The summed E-state index contributed by atoms with van der Waals surface area (Å²) in [4.78, 5) is 37.7. The fraction of sp³-hybridized carbons (Fsp3) is 0.150. The minimum absolute atomic E-state index is 0.0353. The highest BCUT2D eigenvalue weighted by Crippen LogP contribution is 2.32. The minimum atomic E-state index is -0.501. The first-order chi connectivity index (χ1) is 13.5. The normalized spacial score (nSPS) is 15.4. The van der Waals surface area contributed by atoms with E-state index in [9.17, 15) is 18.8 Å². The van der Waals surface area contributed by atoms with Crippen molar-refractivity contribution in [2.24, 2.45) is 0 Å². The molecule has 1 N–H and O–H groups in total. The molecule has 1 fully saturated rings. The maximum absolute atomic E-state index is 13.7. The second-order valence-corrected chi connectivity index (χ2v) is 7.37. The Balaban J connectivity index is 1.56. The zero-order valence-corrected chi connectivity index (χ0v) is 16.2. The van der Waals surface area contributed by atoms with Crippen molar-refractivity contribution in [2.75, 3.05) is 13.1 Å². The van der Waals surface area contributed by atoms with Crippen molar-refractivity contribution < 1.29 is 18.8 Å². The summed E-state index contributed by atoms with van der Waals surface area (Å²) in [5, 5.41) is 2.72. The molecule has 1 heterocycles. The Bertz CT molecular complexity index is 964. The van der Waals surface area contributed by atoms with Gasteiger partial charge in [-0.3, -0.25) is 19.3 Å². The fourth-order valence-electron chi connectivity index (χ4n) is 2.61. The maximum atomic E-state index is 13.7. The number of thioether (sulfide) groups is 1. The number of rotatable bonds is 6. The third kappa shape index (κ3) is 4.79. The number of nitrogens with zero attached hydrogens (tertiary/aromatic N) is 1. The molecule has 3 amide bonds. The summed E-state index contributed by atoms with van der Waals surface area (Å²) in [5.74, 6) is -1.23. The molecule has 0 aliphatic carbocycles. The van der Waals surface area contributed by atoms with Gasteiger partial charge in [0.2, 0.25) is 5.91 Å². The summed E-state index contributed by atoms with van der Waals surface area (Å²) < 4.78 is 13.7. The van der Waals surface area contributed by atoms with Crippen LogP contribution in [0.15, 0.2) is 53.4 Å². The molecule has 1 saturated heterocycles. The lowest BCUT2D eigenvalue weighted by Gasteiger charge is -2.13. The Morgan fingerprint density at radius 3 is 2.61 bits per heavy atom. The van der Waals surface area contributed by atoms with Gasteiger partial charge in [-0.05, 0) is 35.5 Å². The molecule has 0 bridgehead atoms. The standard InChI is InChI=1S/C20H16ClFN2O3S/c21-15-7-3-1-5-13(15)12-18(25)23-9-10-24-19(26)17(28-20(24)27)11-14-6-2-4-8-16(14)22/h1-8,11H,9-10,12H2,(H,23,25)/b17-11-. The number of benzene rings is 2. The van der Waals surface area contributed by atoms with E-state index < -0.39 is 17.0 Å². The van der Waals surface area contributed by atoms with E-state index in [-0.39, 0.29) is 35.9 Å². The van der Waals surface area contributed by atoms with E-state index in [2.05, 4.69) is 5.32 Å². The zero-order chi connectivity index (χ0) is 20.1. The van der Waals surface area contributed by atoms with Crippen molar-refractivity contribution in [2.45, 2.75) is 6.42 Å². The van der Waals surface area contributed by atoms with Gasteiger partial charge in [0.25, 0.3) is 11.1 Å². The molecule has 0 aromatic heterocycles. The predicted octanol–water partition coefficient (Wildman–Crippen LogP) is 3.87. The summed E-state index contributed by atoms with van der Waals surface area (Å²) in [6.45, 7) is 0.155. The smallest absolute Gasteiger partial charge is 0.293 e. The third-order valence-corrected chi connectivity index (χ3v) is 5.31. The molecule has 8 heteroatoms. The quantitative estimate of drug-likeness (QED) is 0.723. The van der Waals surface area contributed by atoms with E-state index in [1.807, 2.05) is 0 Å². The topological polar surface area (TPSA) is 66.5 Å². The molecule has 0 unspecified atom stereocenters. The average molecular weight is 419 g/mol. The third-order valence-electron chi connectivity index (χ3n) is 4.03. The minimum Gasteiger partial charge on any atom is -0.354 e. The van der Waals surface area contributed by atoms with Crippen LogP contribution in [0.2, 0.25) is 5.02 Å². The van der Waals surface area contributed by atoms with Gasteiger partial charge in [0.15, 0.2) is 0 Å². The zero-order valence-electron chi connectivity index (χ0n) is 14.7. The highest BCUT2D eigenvalue weighted by Gasteiger charge is 2.34. The van der Waals surface area contributed by atoms with Gasteiger partial charge in [0.05, 0.1) is 11.3 Å². The van der Waals surface area contributed by atoms with E-state index in [0.717, 1.165) is 16.7 Å². The Morgan fingerprint density at radius 1 is 1.14 bits per heavy atom. The molecule has 2 aromatic carbocycles. The predicted molar refractivity (Wildman–Crippen MR) is 107 cm³/mol. The van der Waals surface area contributed by atoms with Crippen LogP contribution in [-0.4, -0.2) is 35.0 Å². The molecule has 144 valence electrons. The van der Waals surface area contributed by atoms with Crippen molar-refractivity contribution in [3.05, 3.63) is 75.4 Å². The molecule has 5 nitrogen and oxygen atoms in total. The van der Waals surface area contributed by atoms with Crippen LogP contribution in [0.25, 0.3) is 6.08 Å². The Morgan fingerprint density at radius 2 is 1.86 bits per heavy atom. The Kier molecular flexibility index (Phi) is 6.49. The van der Waals surface area contributed by atoms with Crippen LogP contribution in [-0.2, 0) is 16.0 Å². The van der Waals surface area contributed by atoms with Crippen molar-refractivity contribution in [1.82, 2.24) is 10.2 Å². The van der Waals surface area contributed by atoms with Gasteiger partial charge in [0, 0.05) is 23.7 Å². The number of carbonyl (C=O) groups excluding carboxylic acids is 3. The van der Waals surface area contributed by atoms with Crippen LogP contribution in [0, 0.1) is 5.82 Å². The molecule has 0 radical (unpaired) electrons. The van der Waals surface area contributed by atoms with Gasteiger partial charge in [0.1, 0.15) is 5.82 Å². The molecule has 28 heavy (non-hydrogen) atoms. The molecular weight excluding hydrogens is 403 g/mol. The number of hydrogen-bond acceptors (Lipinski definition) is 4. The SMILES string of the molecule is O=C(Cc1ccccc1Cl)NCCN1C(=O)S/C(=C\c2ccccc2F)C1=O. The highest BCUT2D eigenvalue weighted by molar-refractivity contribution is 8.18. The molecule has 3 rings (SSSR count). The van der Waals surface area contributed by atoms with Gasteiger partial charge in [-0.25, -0.2) is 4.39 Å². The number of nitrogens with one attached hydrogen (secondary N) is 1. The highest BCUT2D eigenvalue weighted by atomic mass is 35.5. The van der Waals surface area contributed by atoms with Crippen molar-refractivity contribution in [3.63, 3.8) is 0 Å². The van der Waals surface area contributed by atoms with Crippen molar-refractivity contribution in [3.8, 4) is 0 Å². The fourth-order valence-corrected chi connectivity index (χ4v) is 3.67. The van der Waals surface area contributed by atoms with Crippen LogP contribution in [0.1, 0.15) is 11.1 Å². The van der Waals surface area contributed by atoms with Crippen LogP contribution < -0.4 is 5.32 Å². The second-order valence-electron chi connectivity index (χ2n) is 5.97. The average Bonchev–Trinajstić information content (AvgIpc) is 2.93. The lowest BCUT2D eigenvalue weighted by atomic mass is 10.1. The van der Waals surface area contributed by atoms with E-state index in [0.29, 0.717) is 10.6 Å². The number of hydrogen-bond donors (Lipinski definition) is 1. The molecule has 2 aromatic rings. The van der Waals surface area contributed by atoms with Gasteiger partial charge in [-0.1, -0.05) is 48.0 Å². The first kappa shape index (κ1) is 20.1. The summed E-state index contributed by atoms with van der Waals surface area (Å²) in [6.07, 6.45) is 1.46. The molecule has 1 aliphatic heterocycles.